The monoisotopic (exact) mass is 1470 g/mol. The van der Waals surface area contributed by atoms with Crippen LogP contribution in [0.25, 0.3) is 0 Å². The number of esters is 4. The first-order chi connectivity index (χ1) is 48.4. The van der Waals surface area contributed by atoms with E-state index in [1.54, 1.807) is 0 Å². The average Bonchev–Trinajstić information content (AvgIpc) is 0.953. The van der Waals surface area contributed by atoms with Gasteiger partial charge in [0, 0.05) is 25.7 Å². The van der Waals surface area contributed by atoms with E-state index in [4.69, 9.17) is 37.0 Å². The number of phosphoric ester groups is 2. The molecular weight excluding hydrogens is 1310 g/mol. The summed E-state index contributed by atoms with van der Waals surface area (Å²) in [5.41, 5.74) is 0. The lowest BCUT2D eigenvalue weighted by molar-refractivity contribution is -0.161. The highest BCUT2D eigenvalue weighted by atomic mass is 31.2. The maximum absolute atomic E-state index is 13.1. The van der Waals surface area contributed by atoms with Gasteiger partial charge in [0.25, 0.3) is 0 Å². The van der Waals surface area contributed by atoms with Gasteiger partial charge in [0.1, 0.15) is 19.3 Å². The van der Waals surface area contributed by atoms with Crippen LogP contribution in [-0.4, -0.2) is 96.7 Å². The van der Waals surface area contributed by atoms with Crippen molar-refractivity contribution in [2.75, 3.05) is 39.6 Å². The Labute approximate surface area is 613 Å². The second kappa shape index (κ2) is 72.6. The first kappa shape index (κ1) is 98.1. The molecular formula is C81H158O17P2. The van der Waals surface area contributed by atoms with Crippen molar-refractivity contribution in [1.29, 1.82) is 0 Å². The maximum atomic E-state index is 13.1. The highest BCUT2D eigenvalue weighted by molar-refractivity contribution is 7.47. The van der Waals surface area contributed by atoms with Gasteiger partial charge in [-0.25, -0.2) is 9.13 Å². The molecule has 3 N–H and O–H groups in total. The normalized spacial score (nSPS) is 13.9. The van der Waals surface area contributed by atoms with Crippen LogP contribution in [0, 0.1) is 11.8 Å². The molecule has 2 unspecified atom stereocenters. The number of phosphoric acid groups is 2. The lowest BCUT2D eigenvalue weighted by Gasteiger charge is -2.21. The number of aliphatic hydroxyl groups excluding tert-OH is 1. The first-order valence-corrected chi connectivity index (χ1v) is 45.0. The van der Waals surface area contributed by atoms with Crippen molar-refractivity contribution in [2.45, 2.75) is 445 Å². The Morgan fingerprint density at radius 1 is 0.270 bits per heavy atom. The second-order valence-electron chi connectivity index (χ2n) is 30.1. The molecule has 0 heterocycles. The zero-order chi connectivity index (χ0) is 73.5. The van der Waals surface area contributed by atoms with Gasteiger partial charge in [0.05, 0.1) is 26.4 Å². The molecule has 19 heteroatoms. The van der Waals surface area contributed by atoms with Crippen molar-refractivity contribution in [3.05, 3.63) is 0 Å². The minimum atomic E-state index is -4.96. The summed E-state index contributed by atoms with van der Waals surface area (Å²) < 4.78 is 68.7. The summed E-state index contributed by atoms with van der Waals surface area (Å²) >= 11 is 0. The van der Waals surface area contributed by atoms with Gasteiger partial charge in [-0.1, -0.05) is 375 Å². The summed E-state index contributed by atoms with van der Waals surface area (Å²) in [6.07, 6.45) is 62.4. The Kier molecular flexibility index (Phi) is 71.2. The third-order valence-corrected chi connectivity index (χ3v) is 20.9. The van der Waals surface area contributed by atoms with Crippen LogP contribution < -0.4 is 0 Å². The third kappa shape index (κ3) is 74.3. The summed E-state index contributed by atoms with van der Waals surface area (Å²) in [7, 11) is -9.92. The molecule has 0 bridgehead atoms. The lowest BCUT2D eigenvalue weighted by atomic mass is 10.0. The van der Waals surface area contributed by atoms with Crippen molar-refractivity contribution in [3.63, 3.8) is 0 Å². The van der Waals surface area contributed by atoms with E-state index in [0.717, 1.165) is 102 Å². The Balaban J connectivity index is 5.23. The SMILES string of the molecule is CCCCCCCCCCCCCCCCCC(=O)OC[C@H](COP(=O)(O)OC[C@@H](O)COP(=O)(O)OC[C@@H](COC(=O)CCCCCCCCCCCCC)OC(=O)CCCCCCCCCCCCC(C)C)OC(=O)CCCCCCCCCCCCCCCCCCCCC(C)C. The van der Waals surface area contributed by atoms with Gasteiger partial charge in [-0.05, 0) is 37.5 Å². The number of unbranched alkanes of at least 4 members (excludes halogenated alkanes) is 50. The molecule has 0 aromatic rings. The van der Waals surface area contributed by atoms with Crippen LogP contribution >= 0.6 is 15.6 Å². The molecule has 17 nitrogen and oxygen atoms in total. The Morgan fingerprint density at radius 3 is 0.680 bits per heavy atom. The van der Waals surface area contributed by atoms with E-state index in [1.807, 2.05) is 0 Å². The number of ether oxygens (including phenoxy) is 4. The number of hydrogen-bond acceptors (Lipinski definition) is 15. The van der Waals surface area contributed by atoms with Crippen molar-refractivity contribution >= 4 is 39.5 Å². The Hall–Kier alpha value is -1.94. The second-order valence-corrected chi connectivity index (χ2v) is 33.0. The fraction of sp³-hybridized carbons (Fsp3) is 0.951. The van der Waals surface area contributed by atoms with Crippen LogP contribution in [0.3, 0.4) is 0 Å². The van der Waals surface area contributed by atoms with Gasteiger partial charge >= 0.3 is 39.5 Å². The third-order valence-electron chi connectivity index (χ3n) is 19.0. The van der Waals surface area contributed by atoms with E-state index < -0.39 is 97.5 Å². The minimum absolute atomic E-state index is 0.106. The fourth-order valence-electron chi connectivity index (χ4n) is 12.5. The van der Waals surface area contributed by atoms with E-state index >= 15 is 0 Å². The number of hydrogen-bond donors (Lipinski definition) is 3. The van der Waals surface area contributed by atoms with Crippen LogP contribution in [0.15, 0.2) is 0 Å². The molecule has 0 radical (unpaired) electrons. The quantitative estimate of drug-likeness (QED) is 0.0222. The fourth-order valence-corrected chi connectivity index (χ4v) is 14.1. The summed E-state index contributed by atoms with van der Waals surface area (Å²) in [4.78, 5) is 73.0. The smallest absolute Gasteiger partial charge is 0.462 e. The summed E-state index contributed by atoms with van der Waals surface area (Å²) in [5.74, 6) is -0.535. The van der Waals surface area contributed by atoms with Crippen molar-refractivity contribution in [2.24, 2.45) is 11.8 Å². The van der Waals surface area contributed by atoms with Gasteiger partial charge in [-0.3, -0.25) is 37.3 Å². The van der Waals surface area contributed by atoms with Crippen LogP contribution in [0.4, 0.5) is 0 Å². The molecule has 0 aromatic carbocycles. The average molecular weight is 1470 g/mol. The van der Waals surface area contributed by atoms with Crippen molar-refractivity contribution in [1.82, 2.24) is 0 Å². The number of carbonyl (C=O) groups excluding carboxylic acids is 4. The molecule has 594 valence electrons. The van der Waals surface area contributed by atoms with Crippen molar-refractivity contribution < 1.29 is 80.2 Å². The van der Waals surface area contributed by atoms with Crippen LogP contribution in [0.2, 0.25) is 0 Å². The van der Waals surface area contributed by atoms with E-state index in [0.29, 0.717) is 25.7 Å². The molecule has 5 atom stereocenters. The van der Waals surface area contributed by atoms with Gasteiger partial charge in [0.15, 0.2) is 12.2 Å². The molecule has 100 heavy (non-hydrogen) atoms. The first-order valence-electron chi connectivity index (χ1n) is 42.0. The molecule has 0 spiro atoms. The predicted molar refractivity (Wildman–Crippen MR) is 409 cm³/mol. The predicted octanol–water partition coefficient (Wildman–Crippen LogP) is 24.3. The summed E-state index contributed by atoms with van der Waals surface area (Å²) in [6, 6.07) is 0. The van der Waals surface area contributed by atoms with Crippen LogP contribution in [0.5, 0.6) is 0 Å². The maximum Gasteiger partial charge on any atom is 0.472 e. The van der Waals surface area contributed by atoms with Crippen LogP contribution in [-0.2, 0) is 65.4 Å². The van der Waals surface area contributed by atoms with Gasteiger partial charge < -0.3 is 33.8 Å². The number of rotatable bonds is 80. The number of carbonyl (C=O) groups is 4. The summed E-state index contributed by atoms with van der Waals surface area (Å²) in [6.45, 7) is 9.66. The van der Waals surface area contributed by atoms with E-state index in [9.17, 15) is 43.2 Å². The van der Waals surface area contributed by atoms with Crippen molar-refractivity contribution in [3.8, 4) is 0 Å². The van der Waals surface area contributed by atoms with Gasteiger partial charge in [-0.15, -0.1) is 0 Å². The molecule has 0 aliphatic heterocycles. The minimum Gasteiger partial charge on any atom is -0.462 e. The summed E-state index contributed by atoms with van der Waals surface area (Å²) in [5, 5.41) is 10.6. The molecule has 0 saturated carbocycles. The van der Waals surface area contributed by atoms with E-state index in [1.165, 1.54) is 244 Å². The molecule has 0 aromatic heterocycles. The number of aliphatic hydroxyl groups is 1. The zero-order valence-electron chi connectivity index (χ0n) is 65.5. The zero-order valence-corrected chi connectivity index (χ0v) is 67.3. The molecule has 0 fully saturated rings. The molecule has 0 amide bonds. The van der Waals surface area contributed by atoms with Gasteiger partial charge in [-0.2, -0.15) is 0 Å². The molecule has 0 aliphatic rings. The molecule has 0 aliphatic carbocycles. The van der Waals surface area contributed by atoms with E-state index in [2.05, 4.69) is 41.5 Å². The molecule has 0 saturated heterocycles. The lowest BCUT2D eigenvalue weighted by Crippen LogP contribution is -2.30. The van der Waals surface area contributed by atoms with Crippen LogP contribution in [0.1, 0.15) is 427 Å². The highest BCUT2D eigenvalue weighted by Crippen LogP contribution is 2.45. The topological polar surface area (TPSA) is 237 Å². The largest absolute Gasteiger partial charge is 0.472 e. The standard InChI is InChI=1S/C81H158O17P2/c1-7-9-11-13-15-17-19-20-25-29-33-40-46-52-58-64-79(84)92-70-76(97-80(85)65-59-53-47-41-34-30-27-24-22-21-23-26-28-32-37-43-49-55-61-73(3)4)71-95-99(87,88)93-67-75(82)68-94-100(89,90)96-72-77(69-91-78(83)63-57-51-45-39-31-18-16-14-12-10-8-2)98-81(86)66-60-54-48-42-36-35-38-44-50-56-62-74(5)6/h73-77,82H,7-72H2,1-6H3,(H,87,88)(H,89,90)/t75-,76-,77-/m1/s1. The van der Waals surface area contributed by atoms with E-state index in [-0.39, 0.29) is 25.7 Å². The molecule has 0 rings (SSSR count). The van der Waals surface area contributed by atoms with Gasteiger partial charge in [0.2, 0.25) is 0 Å². The Morgan fingerprint density at radius 2 is 0.460 bits per heavy atom. The Bertz CT molecular complexity index is 1920. The highest BCUT2D eigenvalue weighted by Gasteiger charge is 2.30.